The van der Waals surface area contributed by atoms with Crippen molar-refractivity contribution in [3.8, 4) is 17.2 Å². The molecule has 6 nitrogen and oxygen atoms in total. The van der Waals surface area contributed by atoms with Gasteiger partial charge in [0, 0.05) is 6.54 Å². The lowest BCUT2D eigenvalue weighted by molar-refractivity contribution is -0.147. The molecule has 0 fully saturated rings. The minimum Gasteiger partial charge on any atom is -0.493 e. The van der Waals surface area contributed by atoms with Crippen molar-refractivity contribution in [2.45, 2.75) is 25.9 Å². The first kappa shape index (κ1) is 14.5. The van der Waals surface area contributed by atoms with Crippen molar-refractivity contribution >= 4 is 5.97 Å². The van der Waals surface area contributed by atoms with Gasteiger partial charge in [-0.25, -0.2) is 0 Å². The van der Waals surface area contributed by atoms with Crippen LogP contribution in [0.1, 0.15) is 19.4 Å². The number of rotatable bonds is 5. The summed E-state index contributed by atoms with van der Waals surface area (Å²) in [5.74, 6) is 1.57. The second-order valence-corrected chi connectivity index (χ2v) is 5.00. The lowest BCUT2D eigenvalue weighted by Gasteiger charge is -2.23. The Bertz CT molecular complexity index is 513. The molecular weight excluding hydrogens is 262 g/mol. The molecule has 0 radical (unpaired) electrons. The van der Waals surface area contributed by atoms with Crippen LogP contribution in [-0.2, 0) is 16.1 Å². The first-order valence-corrected chi connectivity index (χ1v) is 6.28. The summed E-state index contributed by atoms with van der Waals surface area (Å²) in [7, 11) is 2.95. The molecule has 1 aromatic carbocycles. The molecule has 0 aromatic heterocycles. The van der Waals surface area contributed by atoms with Gasteiger partial charge in [0.05, 0.1) is 14.2 Å². The minimum absolute atomic E-state index is 0.191. The van der Waals surface area contributed by atoms with Crippen LogP contribution in [0.15, 0.2) is 12.1 Å². The predicted molar refractivity (Wildman–Crippen MR) is 72.1 cm³/mol. The highest BCUT2D eigenvalue weighted by atomic mass is 16.7. The van der Waals surface area contributed by atoms with E-state index in [-0.39, 0.29) is 12.8 Å². The second-order valence-electron chi connectivity index (χ2n) is 5.00. The molecule has 0 amide bonds. The molecule has 1 aromatic rings. The lowest BCUT2D eigenvalue weighted by Crippen LogP contribution is -2.46. The van der Waals surface area contributed by atoms with Crippen LogP contribution in [0.25, 0.3) is 0 Å². The van der Waals surface area contributed by atoms with E-state index in [1.807, 2.05) is 12.1 Å². The van der Waals surface area contributed by atoms with Crippen molar-refractivity contribution in [2.24, 2.45) is 0 Å². The molecule has 1 aliphatic heterocycles. The zero-order valence-electron chi connectivity index (χ0n) is 12.1. The quantitative estimate of drug-likeness (QED) is 0.824. The molecule has 6 heteroatoms. The number of hydrogen-bond acceptors (Lipinski definition) is 6. The number of ether oxygens (including phenoxy) is 4. The van der Waals surface area contributed by atoms with Crippen molar-refractivity contribution in [3.63, 3.8) is 0 Å². The van der Waals surface area contributed by atoms with E-state index in [0.717, 1.165) is 5.56 Å². The van der Waals surface area contributed by atoms with Crippen LogP contribution >= 0.6 is 0 Å². The topological polar surface area (TPSA) is 66.0 Å². The van der Waals surface area contributed by atoms with Gasteiger partial charge in [-0.15, -0.1) is 0 Å². The zero-order valence-corrected chi connectivity index (χ0v) is 12.1. The van der Waals surface area contributed by atoms with E-state index in [9.17, 15) is 4.79 Å². The molecular formula is C14H19NO5. The van der Waals surface area contributed by atoms with Gasteiger partial charge in [0.25, 0.3) is 0 Å². The van der Waals surface area contributed by atoms with Crippen LogP contribution < -0.4 is 19.5 Å². The van der Waals surface area contributed by atoms with E-state index in [4.69, 9.17) is 18.9 Å². The number of hydrogen-bond donors (Lipinski definition) is 1. The number of methoxy groups -OCH3 is 2. The van der Waals surface area contributed by atoms with Gasteiger partial charge in [0.15, 0.2) is 11.5 Å². The molecule has 1 aliphatic rings. The number of carbonyl (C=O) groups is 1. The van der Waals surface area contributed by atoms with Crippen molar-refractivity contribution in [1.29, 1.82) is 0 Å². The zero-order chi connectivity index (χ0) is 14.8. The van der Waals surface area contributed by atoms with E-state index in [2.05, 4.69) is 5.32 Å². The Labute approximate surface area is 118 Å². The third kappa shape index (κ3) is 2.80. The number of nitrogens with one attached hydrogen (secondary N) is 1. The van der Waals surface area contributed by atoms with Crippen LogP contribution in [0.3, 0.4) is 0 Å². The Kier molecular flexibility index (Phi) is 4.04. The van der Waals surface area contributed by atoms with Crippen molar-refractivity contribution in [3.05, 3.63) is 17.7 Å². The molecule has 2 rings (SSSR count). The monoisotopic (exact) mass is 281 g/mol. The molecule has 0 saturated carbocycles. The Balaban J connectivity index is 2.13. The second kappa shape index (κ2) is 5.58. The maximum atomic E-state index is 11.6. The van der Waals surface area contributed by atoms with Crippen molar-refractivity contribution in [2.75, 3.05) is 21.0 Å². The van der Waals surface area contributed by atoms with Gasteiger partial charge in [0.1, 0.15) is 5.54 Å². The highest BCUT2D eigenvalue weighted by Crippen LogP contribution is 2.41. The fourth-order valence-electron chi connectivity index (χ4n) is 1.94. The van der Waals surface area contributed by atoms with Gasteiger partial charge in [0.2, 0.25) is 12.5 Å². The van der Waals surface area contributed by atoms with Gasteiger partial charge in [-0.05, 0) is 31.5 Å². The smallest absolute Gasteiger partial charge is 0.325 e. The molecule has 1 heterocycles. The molecule has 110 valence electrons. The van der Waals surface area contributed by atoms with Gasteiger partial charge in [-0.2, -0.15) is 0 Å². The van der Waals surface area contributed by atoms with Crippen LogP contribution in [-0.4, -0.2) is 32.5 Å². The Morgan fingerprint density at radius 3 is 2.75 bits per heavy atom. The Hall–Kier alpha value is -1.95. The maximum absolute atomic E-state index is 11.6. The van der Waals surface area contributed by atoms with Crippen LogP contribution in [0.2, 0.25) is 0 Å². The van der Waals surface area contributed by atoms with Crippen molar-refractivity contribution < 1.29 is 23.7 Å². The molecule has 0 atom stereocenters. The number of carbonyl (C=O) groups excluding carboxylic acids is 1. The normalized spacial score (nSPS) is 13.2. The van der Waals surface area contributed by atoms with Gasteiger partial charge >= 0.3 is 5.97 Å². The van der Waals surface area contributed by atoms with Gasteiger partial charge in [-0.3, -0.25) is 10.1 Å². The fourth-order valence-corrected chi connectivity index (χ4v) is 1.94. The molecule has 0 bridgehead atoms. The van der Waals surface area contributed by atoms with E-state index in [0.29, 0.717) is 23.8 Å². The highest BCUT2D eigenvalue weighted by molar-refractivity contribution is 5.79. The average Bonchev–Trinajstić information content (AvgIpc) is 2.91. The molecule has 0 saturated heterocycles. The third-order valence-electron chi connectivity index (χ3n) is 3.15. The predicted octanol–water partition coefficient (Wildman–Crippen LogP) is 1.47. The van der Waals surface area contributed by atoms with E-state index in [1.165, 1.54) is 7.11 Å². The SMILES string of the molecule is COC(=O)C(C)(C)NCc1cc(OC)c2c(c1)OCO2. The minimum atomic E-state index is -0.766. The summed E-state index contributed by atoms with van der Waals surface area (Å²) in [6.07, 6.45) is 0. The number of fused-ring (bicyclic) bond motifs is 1. The summed E-state index contributed by atoms with van der Waals surface area (Å²) in [6, 6.07) is 3.72. The van der Waals surface area contributed by atoms with E-state index in [1.54, 1.807) is 21.0 Å². The first-order chi connectivity index (χ1) is 9.47. The Morgan fingerprint density at radius 1 is 1.35 bits per heavy atom. The third-order valence-corrected chi connectivity index (χ3v) is 3.15. The standard InChI is InChI=1S/C14H19NO5/c1-14(2,13(16)18-4)15-7-9-5-10(17-3)12-11(6-9)19-8-20-12/h5-6,15H,7-8H2,1-4H3. The van der Waals surface area contributed by atoms with Crippen LogP contribution in [0.5, 0.6) is 17.2 Å². The fraction of sp³-hybridized carbons (Fsp3) is 0.500. The first-order valence-electron chi connectivity index (χ1n) is 6.28. The largest absolute Gasteiger partial charge is 0.493 e. The summed E-state index contributed by atoms with van der Waals surface area (Å²) in [5.41, 5.74) is 0.168. The molecule has 20 heavy (non-hydrogen) atoms. The summed E-state index contributed by atoms with van der Waals surface area (Å²) >= 11 is 0. The van der Waals surface area contributed by atoms with Crippen molar-refractivity contribution in [1.82, 2.24) is 5.32 Å². The number of esters is 1. The number of benzene rings is 1. The lowest BCUT2D eigenvalue weighted by atomic mass is 10.1. The summed E-state index contributed by atoms with van der Waals surface area (Å²) in [5, 5.41) is 3.14. The summed E-state index contributed by atoms with van der Waals surface area (Å²) < 4.78 is 20.7. The Morgan fingerprint density at radius 2 is 2.10 bits per heavy atom. The summed E-state index contributed by atoms with van der Waals surface area (Å²) in [6.45, 7) is 4.21. The van der Waals surface area contributed by atoms with E-state index < -0.39 is 5.54 Å². The molecule has 1 N–H and O–H groups in total. The maximum Gasteiger partial charge on any atom is 0.325 e. The summed E-state index contributed by atoms with van der Waals surface area (Å²) in [4.78, 5) is 11.6. The van der Waals surface area contributed by atoms with Crippen LogP contribution in [0.4, 0.5) is 0 Å². The molecule has 0 unspecified atom stereocenters. The van der Waals surface area contributed by atoms with Gasteiger partial charge < -0.3 is 18.9 Å². The van der Waals surface area contributed by atoms with Gasteiger partial charge in [-0.1, -0.05) is 0 Å². The van der Waals surface area contributed by atoms with E-state index >= 15 is 0 Å². The molecule has 0 aliphatic carbocycles. The average molecular weight is 281 g/mol. The molecule has 0 spiro atoms. The highest BCUT2D eigenvalue weighted by Gasteiger charge is 2.28. The van der Waals surface area contributed by atoms with Crippen LogP contribution in [0, 0.1) is 0 Å².